The maximum absolute atomic E-state index is 13.6. The number of H-pyrrole nitrogens is 1. The van der Waals surface area contributed by atoms with Crippen LogP contribution in [0, 0.1) is 17.6 Å². The number of aromatic amines is 1. The normalized spacial score (nSPS) is 15.7. The van der Waals surface area contributed by atoms with Crippen LogP contribution in [0.5, 0.6) is 0 Å². The third-order valence-corrected chi connectivity index (χ3v) is 4.52. The molecule has 1 saturated heterocycles. The van der Waals surface area contributed by atoms with Gasteiger partial charge in [0.15, 0.2) is 0 Å². The predicted octanol–water partition coefficient (Wildman–Crippen LogP) is 3.65. The molecule has 9 heteroatoms. The summed E-state index contributed by atoms with van der Waals surface area (Å²) in [6.45, 7) is 0.928. The number of anilines is 2. The minimum atomic E-state index is -4.41. The number of piperidine rings is 1. The molecule has 1 fully saturated rings. The summed E-state index contributed by atoms with van der Waals surface area (Å²) in [7, 11) is 0. The number of carbonyl (C=O) groups is 1. The number of pyridine rings is 1. The lowest BCUT2D eigenvalue weighted by Gasteiger charge is -2.27. The lowest BCUT2D eigenvalue weighted by molar-refractivity contribution is -0.367. The molecule has 4 nitrogen and oxygen atoms in total. The number of alkyl halides is 3. The van der Waals surface area contributed by atoms with E-state index < -0.39 is 23.4 Å². The minimum Gasteiger partial charge on any atom is -0.323 e. The van der Waals surface area contributed by atoms with Crippen molar-refractivity contribution >= 4 is 17.4 Å². The number of carbonyl (C=O) groups excluding carboxylic acids is 1. The molecule has 0 bridgehead atoms. The van der Waals surface area contributed by atoms with Crippen molar-refractivity contribution in [3.63, 3.8) is 0 Å². The second-order valence-corrected chi connectivity index (χ2v) is 6.34. The van der Waals surface area contributed by atoms with Gasteiger partial charge in [0.25, 0.3) is 5.82 Å². The molecule has 0 atom stereocenters. The highest BCUT2D eigenvalue weighted by Gasteiger charge is 2.33. The van der Waals surface area contributed by atoms with Crippen molar-refractivity contribution in [1.82, 2.24) is 0 Å². The SMILES string of the molecule is O=C(Nc1ccc(F)cc1F)C1CCN(c2ccc(C(F)(F)F)c[nH+]2)CC1. The first kappa shape index (κ1) is 19.1. The van der Waals surface area contributed by atoms with E-state index in [1.165, 1.54) is 6.07 Å². The Hall–Kier alpha value is -2.71. The smallest absolute Gasteiger partial charge is 0.323 e. The van der Waals surface area contributed by atoms with Crippen LogP contribution in [0.3, 0.4) is 0 Å². The van der Waals surface area contributed by atoms with E-state index in [1.807, 2.05) is 4.90 Å². The molecule has 2 aromatic rings. The van der Waals surface area contributed by atoms with Gasteiger partial charge in [-0.05, 0) is 31.0 Å². The third-order valence-electron chi connectivity index (χ3n) is 4.52. The summed E-state index contributed by atoms with van der Waals surface area (Å²) in [6, 6.07) is 5.27. The fourth-order valence-electron chi connectivity index (χ4n) is 3.00. The van der Waals surface area contributed by atoms with E-state index in [9.17, 15) is 26.7 Å². The van der Waals surface area contributed by atoms with Gasteiger partial charge < -0.3 is 5.32 Å². The topological polar surface area (TPSA) is 46.5 Å². The zero-order valence-electron chi connectivity index (χ0n) is 14.1. The minimum absolute atomic E-state index is 0.0834. The Balaban J connectivity index is 1.57. The Kier molecular flexibility index (Phi) is 5.29. The first-order chi connectivity index (χ1) is 12.7. The van der Waals surface area contributed by atoms with Crippen molar-refractivity contribution in [3.05, 3.63) is 53.7 Å². The number of nitrogens with one attached hydrogen (secondary N) is 2. The van der Waals surface area contributed by atoms with Gasteiger partial charge in [-0.25, -0.2) is 13.8 Å². The molecular formula is C18H17F5N3O+. The molecule has 27 heavy (non-hydrogen) atoms. The van der Waals surface area contributed by atoms with Crippen molar-refractivity contribution in [2.75, 3.05) is 23.3 Å². The molecule has 2 N–H and O–H groups in total. The Labute approximate surface area is 152 Å². The highest BCUT2D eigenvalue weighted by Crippen LogP contribution is 2.29. The van der Waals surface area contributed by atoms with Gasteiger partial charge in [-0.1, -0.05) is 0 Å². The molecule has 1 aromatic carbocycles. The fraction of sp³-hybridized carbons (Fsp3) is 0.333. The van der Waals surface area contributed by atoms with Crippen LogP contribution in [-0.4, -0.2) is 19.0 Å². The van der Waals surface area contributed by atoms with Gasteiger partial charge in [0, 0.05) is 18.1 Å². The molecule has 0 unspecified atom stereocenters. The molecule has 1 aliphatic rings. The van der Waals surface area contributed by atoms with Crippen LogP contribution in [0.1, 0.15) is 18.4 Å². The Morgan fingerprint density at radius 3 is 2.37 bits per heavy atom. The number of amides is 1. The van der Waals surface area contributed by atoms with Gasteiger partial charge in [0.1, 0.15) is 17.8 Å². The van der Waals surface area contributed by atoms with Crippen molar-refractivity contribution in [2.45, 2.75) is 19.0 Å². The van der Waals surface area contributed by atoms with Crippen molar-refractivity contribution in [1.29, 1.82) is 0 Å². The van der Waals surface area contributed by atoms with Gasteiger partial charge in [-0.15, -0.1) is 0 Å². The van der Waals surface area contributed by atoms with Crippen LogP contribution in [-0.2, 0) is 11.0 Å². The molecule has 1 aromatic heterocycles. The monoisotopic (exact) mass is 386 g/mol. The van der Waals surface area contributed by atoms with E-state index in [0.29, 0.717) is 37.8 Å². The molecule has 2 heterocycles. The van der Waals surface area contributed by atoms with E-state index >= 15 is 0 Å². The Bertz CT molecular complexity index is 815. The maximum Gasteiger partial charge on any atom is 0.419 e. The van der Waals surface area contributed by atoms with E-state index in [-0.39, 0.29) is 17.5 Å². The summed E-state index contributed by atoms with van der Waals surface area (Å²) in [5.74, 6) is -1.77. The van der Waals surface area contributed by atoms with Crippen LogP contribution >= 0.6 is 0 Å². The molecule has 1 aliphatic heterocycles. The van der Waals surface area contributed by atoms with Gasteiger partial charge in [-0.2, -0.15) is 13.2 Å². The molecule has 0 aliphatic carbocycles. The van der Waals surface area contributed by atoms with Gasteiger partial charge in [-0.3, -0.25) is 9.69 Å². The van der Waals surface area contributed by atoms with Crippen LogP contribution < -0.4 is 15.2 Å². The van der Waals surface area contributed by atoms with Gasteiger partial charge in [0.05, 0.1) is 24.3 Å². The van der Waals surface area contributed by atoms with Crippen molar-refractivity contribution in [2.24, 2.45) is 5.92 Å². The number of benzene rings is 1. The number of hydrogen-bond acceptors (Lipinski definition) is 2. The summed E-state index contributed by atoms with van der Waals surface area (Å²) in [4.78, 5) is 16.8. The maximum atomic E-state index is 13.6. The quantitative estimate of drug-likeness (QED) is 0.819. The third kappa shape index (κ3) is 4.53. The first-order valence-corrected chi connectivity index (χ1v) is 8.34. The number of rotatable bonds is 3. The summed E-state index contributed by atoms with van der Waals surface area (Å²) in [6.07, 6.45) is -2.58. The molecule has 3 rings (SSSR count). The lowest BCUT2D eigenvalue weighted by atomic mass is 9.95. The standard InChI is InChI=1S/C18H16F5N3O/c19-13-2-3-15(14(20)9-13)25-17(27)11-5-7-26(8-6-11)16-4-1-12(10-24-16)18(21,22)23/h1-4,9-11H,5-8H2,(H,25,27)/p+1. The van der Waals surface area contributed by atoms with Crippen LogP contribution in [0.15, 0.2) is 36.5 Å². The largest absolute Gasteiger partial charge is 0.419 e. The number of hydrogen-bond donors (Lipinski definition) is 1. The zero-order valence-corrected chi connectivity index (χ0v) is 14.1. The molecule has 144 valence electrons. The van der Waals surface area contributed by atoms with Crippen LogP contribution in [0.2, 0.25) is 0 Å². The predicted molar refractivity (Wildman–Crippen MR) is 87.9 cm³/mol. The first-order valence-electron chi connectivity index (χ1n) is 8.34. The van der Waals surface area contributed by atoms with Crippen molar-refractivity contribution < 1.29 is 31.7 Å². The van der Waals surface area contributed by atoms with Crippen LogP contribution in [0.4, 0.5) is 33.5 Å². The van der Waals surface area contributed by atoms with Crippen LogP contribution in [0.25, 0.3) is 0 Å². The fourth-order valence-corrected chi connectivity index (χ4v) is 3.00. The molecule has 0 saturated carbocycles. The summed E-state index contributed by atoms with van der Waals surface area (Å²) < 4.78 is 64.4. The van der Waals surface area contributed by atoms with E-state index in [2.05, 4.69) is 10.3 Å². The van der Waals surface area contributed by atoms with Crippen molar-refractivity contribution in [3.8, 4) is 0 Å². The average Bonchev–Trinajstić information content (AvgIpc) is 2.63. The zero-order chi connectivity index (χ0) is 19.6. The molecule has 0 spiro atoms. The summed E-state index contributed by atoms with van der Waals surface area (Å²) >= 11 is 0. The second kappa shape index (κ2) is 7.50. The molecule has 1 amide bonds. The summed E-state index contributed by atoms with van der Waals surface area (Å²) in [5, 5.41) is 2.45. The van der Waals surface area contributed by atoms with E-state index in [4.69, 9.17) is 0 Å². The lowest BCUT2D eigenvalue weighted by Crippen LogP contribution is -2.40. The Morgan fingerprint density at radius 2 is 1.81 bits per heavy atom. The average molecular weight is 386 g/mol. The van der Waals surface area contributed by atoms with Gasteiger partial charge >= 0.3 is 6.18 Å². The Morgan fingerprint density at radius 1 is 1.11 bits per heavy atom. The molecule has 0 radical (unpaired) electrons. The number of aromatic nitrogens is 1. The molecular weight excluding hydrogens is 369 g/mol. The van der Waals surface area contributed by atoms with Gasteiger partial charge in [0.2, 0.25) is 5.91 Å². The highest BCUT2D eigenvalue weighted by atomic mass is 19.4. The van der Waals surface area contributed by atoms with E-state index in [0.717, 1.165) is 24.4 Å². The highest BCUT2D eigenvalue weighted by molar-refractivity contribution is 5.92. The second-order valence-electron chi connectivity index (χ2n) is 6.34. The number of nitrogens with zero attached hydrogens (tertiary/aromatic N) is 1. The number of halogens is 5. The van der Waals surface area contributed by atoms with E-state index in [1.54, 1.807) is 0 Å². The summed E-state index contributed by atoms with van der Waals surface area (Å²) in [5.41, 5.74) is -0.846.